The fraction of sp³-hybridized carbons (Fsp3) is 0.478. The van der Waals surface area contributed by atoms with Gasteiger partial charge in [-0.3, -0.25) is 4.90 Å². The molecule has 1 aliphatic rings. The minimum Gasteiger partial charge on any atom is -0.507 e. The van der Waals surface area contributed by atoms with E-state index >= 15 is 0 Å². The van der Waals surface area contributed by atoms with E-state index in [9.17, 15) is 5.11 Å². The van der Waals surface area contributed by atoms with E-state index in [1.165, 1.54) is 0 Å². The average Bonchev–Trinajstić information content (AvgIpc) is 2.75. The van der Waals surface area contributed by atoms with Gasteiger partial charge in [0.15, 0.2) is 0 Å². The van der Waals surface area contributed by atoms with Gasteiger partial charge in [-0.1, -0.05) is 12.1 Å². The number of benzene rings is 2. The summed E-state index contributed by atoms with van der Waals surface area (Å²) in [6.45, 7) is 4.37. The molecule has 6 heteroatoms. The van der Waals surface area contributed by atoms with Gasteiger partial charge >= 0.3 is 0 Å². The van der Waals surface area contributed by atoms with Crippen molar-refractivity contribution < 1.29 is 19.3 Å². The van der Waals surface area contributed by atoms with Crippen molar-refractivity contribution in [3.63, 3.8) is 0 Å². The lowest BCUT2D eigenvalue weighted by Crippen LogP contribution is -2.37. The molecule has 29 heavy (non-hydrogen) atoms. The molecule has 1 fully saturated rings. The fourth-order valence-electron chi connectivity index (χ4n) is 3.84. The summed E-state index contributed by atoms with van der Waals surface area (Å²) in [5, 5.41) is 10.8. The van der Waals surface area contributed by atoms with Gasteiger partial charge in [0.25, 0.3) is 0 Å². The van der Waals surface area contributed by atoms with Crippen LogP contribution in [0, 0.1) is 0 Å². The minimum absolute atomic E-state index is 0.00918. The summed E-state index contributed by atoms with van der Waals surface area (Å²) in [6.07, 6.45) is 0.873. The van der Waals surface area contributed by atoms with Crippen molar-refractivity contribution in [2.75, 3.05) is 66.1 Å². The smallest absolute Gasteiger partial charge is 0.130 e. The number of morpholine rings is 1. The lowest BCUT2D eigenvalue weighted by atomic mass is 9.86. The van der Waals surface area contributed by atoms with Gasteiger partial charge < -0.3 is 24.2 Å². The molecule has 0 aromatic heterocycles. The molecule has 0 bridgehead atoms. The van der Waals surface area contributed by atoms with Gasteiger partial charge in [-0.2, -0.15) is 0 Å². The van der Waals surface area contributed by atoms with Crippen LogP contribution in [0.2, 0.25) is 0 Å². The van der Waals surface area contributed by atoms with Crippen LogP contribution in [0.5, 0.6) is 17.2 Å². The largest absolute Gasteiger partial charge is 0.507 e. The van der Waals surface area contributed by atoms with Crippen molar-refractivity contribution in [1.82, 2.24) is 4.90 Å². The molecule has 2 aromatic rings. The molecule has 1 atom stereocenters. The number of methoxy groups -OCH3 is 2. The van der Waals surface area contributed by atoms with Crippen LogP contribution in [0.4, 0.5) is 5.69 Å². The molecule has 6 nitrogen and oxygen atoms in total. The van der Waals surface area contributed by atoms with Crippen LogP contribution in [0.1, 0.15) is 23.5 Å². The van der Waals surface area contributed by atoms with Crippen molar-refractivity contribution in [3.05, 3.63) is 47.5 Å². The highest BCUT2D eigenvalue weighted by molar-refractivity contribution is 5.56. The molecular weight excluding hydrogens is 368 g/mol. The first-order valence-electron chi connectivity index (χ1n) is 10.1. The Balaban J connectivity index is 1.95. The van der Waals surface area contributed by atoms with Crippen molar-refractivity contribution in [3.8, 4) is 17.2 Å². The lowest BCUT2D eigenvalue weighted by Gasteiger charge is -2.29. The number of anilines is 1. The van der Waals surface area contributed by atoms with Crippen molar-refractivity contribution in [2.45, 2.75) is 12.3 Å². The third kappa shape index (κ3) is 5.14. The molecular formula is C23H32N2O4. The zero-order valence-corrected chi connectivity index (χ0v) is 17.9. The van der Waals surface area contributed by atoms with Crippen molar-refractivity contribution in [2.24, 2.45) is 0 Å². The second-order valence-corrected chi connectivity index (χ2v) is 7.54. The molecule has 3 rings (SSSR count). The van der Waals surface area contributed by atoms with E-state index in [1.807, 2.05) is 20.2 Å². The maximum Gasteiger partial charge on any atom is 0.130 e. The molecule has 0 radical (unpaired) electrons. The number of ether oxygens (including phenoxy) is 3. The van der Waals surface area contributed by atoms with Crippen LogP contribution in [-0.4, -0.2) is 71.2 Å². The van der Waals surface area contributed by atoms with E-state index in [1.54, 1.807) is 20.3 Å². The molecule has 1 saturated heterocycles. The first-order chi connectivity index (χ1) is 14.0. The Morgan fingerprint density at radius 2 is 1.76 bits per heavy atom. The zero-order chi connectivity index (χ0) is 20.8. The van der Waals surface area contributed by atoms with Crippen LogP contribution in [-0.2, 0) is 4.74 Å². The number of hydrogen-bond donors (Lipinski definition) is 1. The standard InChI is InChI=1S/C23H32N2O4/c1-24(2)18-7-5-17(6-8-18)20(9-10-25-11-13-29-14-12-25)23-21(26)15-19(27-3)16-22(23)28-4/h5-8,15-16,20,26H,9-14H2,1-4H3/t20-/m1/s1. The minimum atomic E-state index is 0.00918. The molecule has 0 aliphatic carbocycles. The summed E-state index contributed by atoms with van der Waals surface area (Å²) in [5.74, 6) is 1.43. The second kappa shape index (κ2) is 9.85. The summed E-state index contributed by atoms with van der Waals surface area (Å²) < 4.78 is 16.4. The Kier molecular flexibility index (Phi) is 7.23. The van der Waals surface area contributed by atoms with Gasteiger partial charge in [0, 0.05) is 56.5 Å². The van der Waals surface area contributed by atoms with Crippen LogP contribution in [0.15, 0.2) is 36.4 Å². The molecule has 0 saturated carbocycles. The van der Waals surface area contributed by atoms with Gasteiger partial charge in [-0.25, -0.2) is 0 Å². The highest BCUT2D eigenvalue weighted by Gasteiger charge is 2.25. The summed E-state index contributed by atoms with van der Waals surface area (Å²) in [7, 11) is 7.28. The summed E-state index contributed by atoms with van der Waals surface area (Å²) in [4.78, 5) is 4.50. The third-order valence-electron chi connectivity index (χ3n) is 5.55. The van der Waals surface area contributed by atoms with Gasteiger partial charge in [0.1, 0.15) is 17.2 Å². The summed E-state index contributed by atoms with van der Waals surface area (Å²) >= 11 is 0. The maximum atomic E-state index is 10.8. The SMILES string of the molecule is COc1cc(O)c([C@H](CCN2CCOCC2)c2ccc(N(C)C)cc2)c(OC)c1. The number of nitrogens with zero attached hydrogens (tertiary/aromatic N) is 2. The first-order valence-corrected chi connectivity index (χ1v) is 10.1. The maximum absolute atomic E-state index is 10.8. The van der Waals surface area contributed by atoms with E-state index in [0.717, 1.165) is 56.1 Å². The fourth-order valence-corrected chi connectivity index (χ4v) is 3.84. The van der Waals surface area contributed by atoms with E-state index in [2.05, 4.69) is 34.1 Å². The average molecular weight is 401 g/mol. The van der Waals surface area contributed by atoms with Crippen LogP contribution in [0.25, 0.3) is 0 Å². The van der Waals surface area contributed by atoms with Crippen LogP contribution in [0.3, 0.4) is 0 Å². The zero-order valence-electron chi connectivity index (χ0n) is 17.9. The number of phenolic OH excluding ortho intramolecular Hbond substituents is 1. The van der Waals surface area contributed by atoms with Gasteiger partial charge in [0.2, 0.25) is 0 Å². The molecule has 1 aliphatic heterocycles. The van der Waals surface area contributed by atoms with Crippen LogP contribution >= 0.6 is 0 Å². The van der Waals surface area contributed by atoms with E-state index < -0.39 is 0 Å². The normalized spacial score (nSPS) is 15.7. The lowest BCUT2D eigenvalue weighted by molar-refractivity contribution is 0.0369. The van der Waals surface area contributed by atoms with Crippen molar-refractivity contribution in [1.29, 1.82) is 0 Å². The van der Waals surface area contributed by atoms with Gasteiger partial charge in [-0.05, 0) is 30.7 Å². The van der Waals surface area contributed by atoms with Crippen molar-refractivity contribution >= 4 is 5.69 Å². The molecule has 2 aromatic carbocycles. The second-order valence-electron chi connectivity index (χ2n) is 7.54. The highest BCUT2D eigenvalue weighted by Crippen LogP contribution is 2.43. The van der Waals surface area contributed by atoms with E-state index in [4.69, 9.17) is 14.2 Å². The monoisotopic (exact) mass is 400 g/mol. The van der Waals surface area contributed by atoms with Crippen LogP contribution < -0.4 is 14.4 Å². The Bertz CT molecular complexity index is 786. The molecule has 1 N–H and O–H groups in total. The third-order valence-corrected chi connectivity index (χ3v) is 5.55. The Hall–Kier alpha value is -2.44. The Morgan fingerprint density at radius 3 is 2.34 bits per heavy atom. The number of phenols is 1. The first kappa shape index (κ1) is 21.3. The Labute approximate surface area is 173 Å². The number of hydrogen-bond acceptors (Lipinski definition) is 6. The van der Waals surface area contributed by atoms with Gasteiger partial charge in [0.05, 0.1) is 27.4 Å². The predicted octanol–water partition coefficient (Wildman–Crippen LogP) is 3.33. The predicted molar refractivity (Wildman–Crippen MR) is 116 cm³/mol. The molecule has 158 valence electrons. The summed E-state index contributed by atoms with van der Waals surface area (Å²) in [6, 6.07) is 12.0. The number of rotatable bonds is 8. The highest BCUT2D eigenvalue weighted by atomic mass is 16.5. The molecule has 0 amide bonds. The molecule has 1 heterocycles. The molecule has 0 unspecified atom stereocenters. The van der Waals surface area contributed by atoms with Gasteiger partial charge in [-0.15, -0.1) is 0 Å². The number of aromatic hydroxyl groups is 1. The van der Waals surface area contributed by atoms with E-state index in [0.29, 0.717) is 11.5 Å². The van der Waals surface area contributed by atoms with E-state index in [-0.39, 0.29) is 11.7 Å². The summed E-state index contributed by atoms with van der Waals surface area (Å²) in [5.41, 5.74) is 3.10. The molecule has 0 spiro atoms. The quantitative estimate of drug-likeness (QED) is 0.734. The topological polar surface area (TPSA) is 54.4 Å². The Morgan fingerprint density at radius 1 is 1.07 bits per heavy atom.